The van der Waals surface area contributed by atoms with Crippen LogP contribution in [0, 0.1) is 0 Å². The van der Waals surface area contributed by atoms with Crippen LogP contribution >= 0.6 is 34.6 Å². The van der Waals surface area contributed by atoms with E-state index < -0.39 is 0 Å². The van der Waals surface area contributed by atoms with Gasteiger partial charge in [-0.05, 0) is 32.4 Å². The van der Waals surface area contributed by atoms with E-state index in [0.717, 1.165) is 22.7 Å². The molecule has 0 unspecified atom stereocenters. The Hall–Kier alpha value is -0.620. The van der Waals surface area contributed by atoms with E-state index in [-0.39, 0.29) is 0 Å². The van der Waals surface area contributed by atoms with Gasteiger partial charge in [-0.15, -0.1) is 0 Å². The van der Waals surface area contributed by atoms with Crippen LogP contribution in [0.1, 0.15) is 27.2 Å². The normalized spacial score (nSPS) is 18.0. The first-order chi connectivity index (χ1) is 8.54. The Morgan fingerprint density at radius 1 is 1.50 bits per heavy atom. The molecule has 0 saturated carbocycles. The van der Waals surface area contributed by atoms with Crippen LogP contribution in [0.15, 0.2) is 57.8 Å². The minimum absolute atomic E-state index is 0.798. The van der Waals surface area contributed by atoms with Crippen molar-refractivity contribution in [3.8, 4) is 0 Å². The molecule has 0 spiro atoms. The van der Waals surface area contributed by atoms with Crippen LogP contribution in [0.5, 0.6) is 0 Å². The lowest BCUT2D eigenvalue weighted by Crippen LogP contribution is -2.15. The molecule has 0 amide bonds. The lowest BCUT2D eigenvalue weighted by molar-refractivity contribution is 0.784. The molecule has 0 aromatic rings. The molecule has 0 aliphatic carbocycles. The minimum atomic E-state index is 0.798. The van der Waals surface area contributed by atoms with Crippen molar-refractivity contribution < 1.29 is 0 Å². The first-order valence-electron chi connectivity index (χ1n) is 5.85. The van der Waals surface area contributed by atoms with Crippen LogP contribution in [0.25, 0.3) is 0 Å². The zero-order valence-corrected chi connectivity index (χ0v) is 14.0. The fourth-order valence-electron chi connectivity index (χ4n) is 1.63. The van der Waals surface area contributed by atoms with E-state index in [1.54, 1.807) is 11.8 Å². The van der Waals surface area contributed by atoms with Gasteiger partial charge in [0.1, 0.15) is 0 Å². The average Bonchev–Trinajstić information content (AvgIpc) is 2.34. The monoisotopic (exact) mass is 374 g/mol. The van der Waals surface area contributed by atoms with E-state index >= 15 is 0 Å². The second-order valence-electron chi connectivity index (χ2n) is 3.89. The number of nitrogens with two attached hydrogens (primary N) is 1. The average molecular weight is 374 g/mol. The highest BCUT2D eigenvalue weighted by molar-refractivity contribution is 14.1. The summed E-state index contributed by atoms with van der Waals surface area (Å²) in [5.74, 6) is 0. The van der Waals surface area contributed by atoms with Gasteiger partial charge in [-0.25, -0.2) is 0 Å². The van der Waals surface area contributed by atoms with Crippen molar-refractivity contribution in [1.29, 1.82) is 0 Å². The Kier molecular flexibility index (Phi) is 6.08. The molecule has 18 heavy (non-hydrogen) atoms. The third-order valence-electron chi connectivity index (χ3n) is 2.39. The quantitative estimate of drug-likeness (QED) is 0.564. The molecule has 1 rings (SSSR count). The lowest BCUT2D eigenvalue weighted by atomic mass is 10.2. The van der Waals surface area contributed by atoms with Crippen molar-refractivity contribution in [3.05, 3.63) is 57.8 Å². The van der Waals surface area contributed by atoms with Gasteiger partial charge >= 0.3 is 0 Å². The summed E-state index contributed by atoms with van der Waals surface area (Å²) in [5, 5.41) is 0. The highest BCUT2D eigenvalue weighted by Gasteiger charge is 2.22. The summed E-state index contributed by atoms with van der Waals surface area (Å²) in [6, 6.07) is 0. The highest BCUT2D eigenvalue weighted by atomic mass is 127. The van der Waals surface area contributed by atoms with Gasteiger partial charge in [-0.1, -0.05) is 37.4 Å². The molecule has 0 bridgehead atoms. The molecule has 1 heterocycles. The number of hydrogen-bond acceptors (Lipinski definition) is 3. The van der Waals surface area contributed by atoms with Crippen LogP contribution in [0.4, 0.5) is 0 Å². The summed E-state index contributed by atoms with van der Waals surface area (Å²) in [7, 11) is 0. The lowest BCUT2D eigenvalue weighted by Gasteiger charge is -2.29. The first kappa shape index (κ1) is 15.4. The van der Waals surface area contributed by atoms with Crippen LogP contribution in [-0.4, -0.2) is 3.11 Å². The fraction of sp³-hybridized carbons (Fsp3) is 0.286. The highest BCUT2D eigenvalue weighted by Crippen LogP contribution is 2.43. The van der Waals surface area contributed by atoms with E-state index in [9.17, 15) is 0 Å². The van der Waals surface area contributed by atoms with E-state index in [0.29, 0.717) is 0 Å². The number of hydrogen-bond donors (Lipinski definition) is 1. The topological polar surface area (TPSA) is 29.3 Å². The molecule has 0 radical (unpaired) electrons. The number of thioether (sulfide) groups is 1. The Morgan fingerprint density at radius 2 is 2.17 bits per heavy atom. The van der Waals surface area contributed by atoms with Gasteiger partial charge in [-0.2, -0.15) is 0 Å². The summed E-state index contributed by atoms with van der Waals surface area (Å²) in [6.45, 7) is 10.0. The second kappa shape index (κ2) is 7.09. The van der Waals surface area contributed by atoms with Crippen molar-refractivity contribution >= 4 is 34.6 Å². The van der Waals surface area contributed by atoms with Gasteiger partial charge in [0.15, 0.2) is 0 Å². The molecule has 0 saturated heterocycles. The summed E-state index contributed by atoms with van der Waals surface area (Å²) in [4.78, 5) is 2.50. The maximum absolute atomic E-state index is 5.81. The number of halogens is 1. The van der Waals surface area contributed by atoms with Crippen molar-refractivity contribution in [2.24, 2.45) is 5.73 Å². The molecule has 2 nitrogen and oxygen atoms in total. The molecule has 1 aliphatic rings. The van der Waals surface area contributed by atoms with Gasteiger partial charge in [0.25, 0.3) is 0 Å². The predicted molar refractivity (Wildman–Crippen MR) is 90.7 cm³/mol. The zero-order chi connectivity index (χ0) is 13.7. The van der Waals surface area contributed by atoms with Gasteiger partial charge in [0.2, 0.25) is 0 Å². The van der Waals surface area contributed by atoms with E-state index in [1.807, 2.05) is 26.0 Å². The van der Waals surface area contributed by atoms with E-state index in [1.165, 1.54) is 10.6 Å². The molecule has 2 N–H and O–H groups in total. The molecular formula is C14H19IN2S. The van der Waals surface area contributed by atoms with Gasteiger partial charge in [0, 0.05) is 15.5 Å². The van der Waals surface area contributed by atoms with E-state index in [2.05, 4.69) is 51.6 Å². The summed E-state index contributed by atoms with van der Waals surface area (Å²) >= 11 is 4.10. The van der Waals surface area contributed by atoms with Crippen molar-refractivity contribution in [2.75, 3.05) is 0 Å². The van der Waals surface area contributed by atoms with Crippen LogP contribution in [-0.2, 0) is 0 Å². The SMILES string of the molecule is C=CC1=C(/C=C(\C)N)N(I)C(/C=C\C)=C(CC)S1. The van der Waals surface area contributed by atoms with Crippen LogP contribution in [0.3, 0.4) is 0 Å². The zero-order valence-electron chi connectivity index (χ0n) is 11.0. The Balaban J connectivity index is 3.30. The molecule has 0 aromatic heterocycles. The third kappa shape index (κ3) is 3.45. The van der Waals surface area contributed by atoms with Crippen LogP contribution < -0.4 is 5.73 Å². The summed E-state index contributed by atoms with van der Waals surface area (Å²) in [5.41, 5.74) is 8.93. The van der Waals surface area contributed by atoms with Crippen molar-refractivity contribution in [1.82, 2.24) is 3.11 Å². The van der Waals surface area contributed by atoms with Gasteiger partial charge in [0.05, 0.1) is 34.3 Å². The van der Waals surface area contributed by atoms with Crippen molar-refractivity contribution in [3.63, 3.8) is 0 Å². The standard InChI is InChI=1S/C14H19IN2S/c1-5-8-11-13(6-2)18-14(7-3)12(17(11)15)9-10(4)16/h5,7-9H,3,6,16H2,1-2,4H3/b8-5-,10-9+. The largest absolute Gasteiger partial charge is 0.402 e. The maximum atomic E-state index is 5.81. The predicted octanol–water partition coefficient (Wildman–Crippen LogP) is 4.84. The fourth-order valence-corrected chi connectivity index (χ4v) is 3.82. The first-order valence-corrected chi connectivity index (χ1v) is 7.63. The minimum Gasteiger partial charge on any atom is -0.402 e. The molecule has 1 aliphatic heterocycles. The Labute approximate surface area is 128 Å². The number of nitrogens with zero attached hydrogens (tertiary/aromatic N) is 1. The molecule has 98 valence electrons. The Morgan fingerprint density at radius 3 is 2.61 bits per heavy atom. The number of allylic oxidation sites excluding steroid dienone is 6. The van der Waals surface area contributed by atoms with Crippen LogP contribution in [0.2, 0.25) is 0 Å². The summed E-state index contributed by atoms with van der Waals surface area (Å²) < 4.78 is 2.15. The van der Waals surface area contributed by atoms with Gasteiger partial charge < -0.3 is 5.73 Å². The second-order valence-corrected chi connectivity index (χ2v) is 5.99. The molecule has 4 heteroatoms. The molecular weight excluding hydrogens is 355 g/mol. The van der Waals surface area contributed by atoms with Gasteiger partial charge in [-0.3, -0.25) is 3.11 Å². The van der Waals surface area contributed by atoms with E-state index in [4.69, 9.17) is 5.73 Å². The third-order valence-corrected chi connectivity index (χ3v) is 4.77. The van der Waals surface area contributed by atoms with Crippen molar-refractivity contribution in [2.45, 2.75) is 27.2 Å². The molecule has 0 atom stereocenters. The molecule has 0 fully saturated rings. The molecule has 0 aromatic carbocycles. The Bertz CT molecular complexity index is 454. The maximum Gasteiger partial charge on any atom is 0.0667 e. The number of rotatable bonds is 4. The smallest absolute Gasteiger partial charge is 0.0667 e. The summed E-state index contributed by atoms with van der Waals surface area (Å²) in [6.07, 6.45) is 9.10.